The number of aryl methyl sites for hydroxylation is 1. The summed E-state index contributed by atoms with van der Waals surface area (Å²) in [4.78, 5) is 14.5. The van der Waals surface area contributed by atoms with E-state index in [0.717, 1.165) is 25.0 Å². The van der Waals surface area contributed by atoms with Crippen LogP contribution in [0.1, 0.15) is 35.4 Å². The van der Waals surface area contributed by atoms with Gasteiger partial charge in [0, 0.05) is 19.6 Å². The second kappa shape index (κ2) is 5.53. The number of hydrogen-bond acceptors (Lipinski definition) is 4. The highest BCUT2D eigenvalue weighted by Gasteiger charge is 2.42. The maximum atomic E-state index is 12.8. The van der Waals surface area contributed by atoms with Crippen molar-refractivity contribution in [2.45, 2.75) is 32.2 Å². The molecule has 2 aliphatic rings. The van der Waals surface area contributed by atoms with Crippen LogP contribution in [-0.2, 0) is 16.9 Å². The molecule has 6 nitrogen and oxygen atoms in total. The van der Waals surface area contributed by atoms with Crippen molar-refractivity contribution in [2.75, 3.05) is 18.1 Å². The minimum absolute atomic E-state index is 0.0192. The average molecular weight is 346 g/mol. The summed E-state index contributed by atoms with van der Waals surface area (Å²) in [5, 5.41) is 4.56. The average Bonchev–Trinajstić information content (AvgIpc) is 2.63. The summed E-state index contributed by atoms with van der Waals surface area (Å²) < 4.78 is 25.5. The Labute approximate surface area is 135 Å². The Morgan fingerprint density at radius 3 is 2.55 bits per heavy atom. The third kappa shape index (κ3) is 2.65. The van der Waals surface area contributed by atoms with Crippen molar-refractivity contribution in [1.29, 1.82) is 0 Å². The monoisotopic (exact) mass is 345 g/mol. The van der Waals surface area contributed by atoms with E-state index >= 15 is 0 Å². The molecule has 1 saturated heterocycles. The molecule has 1 aromatic rings. The second-order valence-corrected chi connectivity index (χ2v) is 8.85. The van der Waals surface area contributed by atoms with Gasteiger partial charge in [-0.1, -0.05) is 18.0 Å². The summed E-state index contributed by atoms with van der Waals surface area (Å²) in [6.45, 7) is 2.03. The Bertz CT molecular complexity index is 709. The summed E-state index contributed by atoms with van der Waals surface area (Å²) in [5.74, 6) is 0.112. The molecule has 1 aliphatic heterocycles. The van der Waals surface area contributed by atoms with Crippen molar-refractivity contribution >= 4 is 27.3 Å². The number of rotatable bonds is 2. The number of halogens is 1. The Kier molecular flexibility index (Phi) is 3.97. The van der Waals surface area contributed by atoms with Gasteiger partial charge in [-0.15, -0.1) is 0 Å². The van der Waals surface area contributed by atoms with Crippen LogP contribution in [0.3, 0.4) is 0 Å². The molecule has 1 aromatic heterocycles. The first-order valence-electron chi connectivity index (χ1n) is 7.50. The number of amides is 1. The van der Waals surface area contributed by atoms with E-state index in [1.807, 2.05) is 0 Å². The number of sulfone groups is 1. The number of nitrogens with zero attached hydrogens (tertiary/aromatic N) is 3. The lowest BCUT2D eigenvalue weighted by molar-refractivity contribution is 0.0557. The fourth-order valence-corrected chi connectivity index (χ4v) is 5.01. The van der Waals surface area contributed by atoms with E-state index in [0.29, 0.717) is 5.02 Å². The van der Waals surface area contributed by atoms with Gasteiger partial charge < -0.3 is 4.90 Å². The summed E-state index contributed by atoms with van der Waals surface area (Å²) in [6.07, 6.45) is 3.07. The normalized spacial score (nSPS) is 25.0. The minimum Gasteiger partial charge on any atom is -0.332 e. The standard InChI is InChI=1S/C14H20ClN3O3S/c1-9-12(15)13(16-17(9)2)14(19)18-6-7-22(20,21)8-11(18)10-4-3-5-10/h10-11H,3-8H2,1-2H3/t11-/m0/s1. The van der Waals surface area contributed by atoms with E-state index in [1.54, 1.807) is 23.6 Å². The van der Waals surface area contributed by atoms with Crippen LogP contribution in [0.4, 0.5) is 0 Å². The lowest BCUT2D eigenvalue weighted by Crippen LogP contribution is -2.55. The van der Waals surface area contributed by atoms with Gasteiger partial charge in [-0.05, 0) is 25.7 Å². The van der Waals surface area contributed by atoms with Crippen LogP contribution in [0.2, 0.25) is 5.02 Å². The first-order valence-corrected chi connectivity index (χ1v) is 9.70. The predicted molar refractivity (Wildman–Crippen MR) is 83.8 cm³/mol. The molecule has 22 heavy (non-hydrogen) atoms. The largest absolute Gasteiger partial charge is 0.332 e. The van der Waals surface area contributed by atoms with Crippen LogP contribution in [0.25, 0.3) is 0 Å². The van der Waals surface area contributed by atoms with Gasteiger partial charge in [0.05, 0.1) is 22.2 Å². The van der Waals surface area contributed by atoms with Crippen molar-refractivity contribution in [2.24, 2.45) is 13.0 Å². The summed E-state index contributed by atoms with van der Waals surface area (Å²) >= 11 is 6.21. The van der Waals surface area contributed by atoms with Crippen LogP contribution in [0.5, 0.6) is 0 Å². The van der Waals surface area contributed by atoms with E-state index in [2.05, 4.69) is 5.10 Å². The zero-order chi connectivity index (χ0) is 16.1. The molecule has 8 heteroatoms. The third-order valence-electron chi connectivity index (χ3n) is 4.89. The van der Waals surface area contributed by atoms with E-state index in [9.17, 15) is 13.2 Å². The second-order valence-electron chi connectivity index (χ2n) is 6.24. The zero-order valence-electron chi connectivity index (χ0n) is 12.7. The smallest absolute Gasteiger partial charge is 0.276 e. The van der Waals surface area contributed by atoms with Gasteiger partial charge in [0.25, 0.3) is 5.91 Å². The number of hydrogen-bond donors (Lipinski definition) is 0. The quantitative estimate of drug-likeness (QED) is 0.812. The zero-order valence-corrected chi connectivity index (χ0v) is 14.3. The molecule has 0 unspecified atom stereocenters. The van der Waals surface area contributed by atoms with Gasteiger partial charge >= 0.3 is 0 Å². The van der Waals surface area contributed by atoms with Gasteiger partial charge in [-0.2, -0.15) is 5.10 Å². The molecule has 0 bridgehead atoms. The van der Waals surface area contributed by atoms with Crippen molar-refractivity contribution in [1.82, 2.24) is 14.7 Å². The maximum absolute atomic E-state index is 12.8. The van der Waals surface area contributed by atoms with Gasteiger partial charge in [-0.25, -0.2) is 8.42 Å². The predicted octanol–water partition coefficient (Wildman–Crippen LogP) is 1.42. The van der Waals surface area contributed by atoms with Crippen LogP contribution in [-0.4, -0.2) is 53.1 Å². The first kappa shape index (κ1) is 15.8. The van der Waals surface area contributed by atoms with Crippen molar-refractivity contribution in [3.8, 4) is 0 Å². The third-order valence-corrected chi connectivity index (χ3v) is 6.99. The highest BCUT2D eigenvalue weighted by Crippen LogP contribution is 2.35. The van der Waals surface area contributed by atoms with Crippen LogP contribution >= 0.6 is 11.6 Å². The minimum atomic E-state index is -3.07. The van der Waals surface area contributed by atoms with E-state index in [-0.39, 0.29) is 41.6 Å². The number of carbonyl (C=O) groups excluding carboxylic acids is 1. The topological polar surface area (TPSA) is 72.3 Å². The van der Waals surface area contributed by atoms with Crippen molar-refractivity contribution < 1.29 is 13.2 Å². The molecule has 0 N–H and O–H groups in total. The van der Waals surface area contributed by atoms with E-state index in [4.69, 9.17) is 11.6 Å². The van der Waals surface area contributed by atoms with Gasteiger partial charge in [0.2, 0.25) is 0 Å². The molecular weight excluding hydrogens is 326 g/mol. The Morgan fingerprint density at radius 2 is 2.05 bits per heavy atom. The summed E-state index contributed by atoms with van der Waals surface area (Å²) in [5.41, 5.74) is 0.958. The first-order chi connectivity index (χ1) is 10.3. The van der Waals surface area contributed by atoms with Gasteiger partial charge in [-0.3, -0.25) is 9.48 Å². The molecule has 2 heterocycles. The number of carbonyl (C=O) groups is 1. The summed E-state index contributed by atoms with van der Waals surface area (Å²) in [7, 11) is -1.33. The Balaban J connectivity index is 1.90. The SMILES string of the molecule is Cc1c(Cl)c(C(=O)N2CCS(=O)(=O)C[C@H]2C2CCC2)nn1C. The van der Waals surface area contributed by atoms with Crippen molar-refractivity contribution in [3.05, 3.63) is 16.4 Å². The Hall–Kier alpha value is -1.08. The lowest BCUT2D eigenvalue weighted by Gasteiger charge is -2.43. The molecule has 0 aromatic carbocycles. The van der Waals surface area contributed by atoms with Crippen LogP contribution < -0.4 is 0 Å². The molecule has 0 spiro atoms. The maximum Gasteiger partial charge on any atom is 0.276 e. The van der Waals surface area contributed by atoms with Gasteiger partial charge in [0.15, 0.2) is 15.5 Å². The molecular formula is C14H20ClN3O3S. The van der Waals surface area contributed by atoms with E-state index < -0.39 is 9.84 Å². The van der Waals surface area contributed by atoms with Crippen LogP contribution in [0.15, 0.2) is 0 Å². The molecule has 2 fully saturated rings. The fourth-order valence-electron chi connectivity index (χ4n) is 3.16. The fraction of sp³-hybridized carbons (Fsp3) is 0.714. The van der Waals surface area contributed by atoms with Gasteiger partial charge in [0.1, 0.15) is 0 Å². The van der Waals surface area contributed by atoms with Crippen molar-refractivity contribution in [3.63, 3.8) is 0 Å². The molecule has 122 valence electrons. The molecule has 1 aliphatic carbocycles. The van der Waals surface area contributed by atoms with Crippen LogP contribution in [0, 0.1) is 12.8 Å². The lowest BCUT2D eigenvalue weighted by atomic mass is 9.79. The van der Waals surface area contributed by atoms with E-state index in [1.165, 1.54) is 0 Å². The number of aromatic nitrogens is 2. The highest BCUT2D eigenvalue weighted by atomic mass is 35.5. The molecule has 0 radical (unpaired) electrons. The molecule has 1 atom stereocenters. The highest BCUT2D eigenvalue weighted by molar-refractivity contribution is 7.91. The molecule has 1 saturated carbocycles. The Morgan fingerprint density at radius 1 is 1.36 bits per heavy atom. The molecule has 3 rings (SSSR count). The molecule has 1 amide bonds. The summed E-state index contributed by atoms with van der Waals surface area (Å²) in [6, 6.07) is -0.238.